The smallest absolute Gasteiger partial charge is 0.0973 e. The molecule has 80 valence electrons. The van der Waals surface area contributed by atoms with Crippen molar-refractivity contribution in [3.8, 4) is 6.07 Å². The maximum atomic E-state index is 8.82. The lowest BCUT2D eigenvalue weighted by atomic mass is 10.2. The van der Waals surface area contributed by atoms with Crippen molar-refractivity contribution in [2.45, 2.75) is 32.2 Å². The van der Waals surface area contributed by atoms with Gasteiger partial charge in [-0.1, -0.05) is 6.92 Å². The summed E-state index contributed by atoms with van der Waals surface area (Å²) < 4.78 is 5.52. The van der Waals surface area contributed by atoms with Crippen LogP contribution in [-0.4, -0.2) is 37.7 Å². The molecule has 0 aromatic carbocycles. The topological polar surface area (TPSA) is 36.3 Å². The molecule has 1 rings (SSSR count). The quantitative estimate of drug-likeness (QED) is 0.581. The number of rotatable bonds is 7. The van der Waals surface area contributed by atoms with E-state index in [1.807, 2.05) is 14.0 Å². The molecule has 14 heavy (non-hydrogen) atoms. The van der Waals surface area contributed by atoms with E-state index in [-0.39, 0.29) is 6.04 Å². The summed E-state index contributed by atoms with van der Waals surface area (Å²) in [5.41, 5.74) is 0. The molecule has 0 aliphatic heterocycles. The fraction of sp³-hybridized carbons (Fsp3) is 0.909. The largest absolute Gasteiger partial charge is 0.380 e. The Bertz CT molecular complexity index is 196. The van der Waals surface area contributed by atoms with Crippen molar-refractivity contribution >= 4 is 0 Å². The van der Waals surface area contributed by atoms with Gasteiger partial charge in [-0.05, 0) is 32.2 Å². The van der Waals surface area contributed by atoms with Gasteiger partial charge in [-0.25, -0.2) is 0 Å². The van der Waals surface area contributed by atoms with E-state index in [0.29, 0.717) is 0 Å². The molecule has 0 N–H and O–H groups in total. The first kappa shape index (κ1) is 11.5. The van der Waals surface area contributed by atoms with Crippen LogP contribution in [0.15, 0.2) is 0 Å². The number of likely N-dealkylation sites (N-methyl/N-ethyl adjacent to an activating group) is 1. The molecule has 1 atom stereocenters. The Labute approximate surface area is 86.6 Å². The van der Waals surface area contributed by atoms with Crippen LogP contribution in [0.25, 0.3) is 0 Å². The van der Waals surface area contributed by atoms with Gasteiger partial charge in [-0.3, -0.25) is 4.90 Å². The molecule has 0 amide bonds. The van der Waals surface area contributed by atoms with E-state index >= 15 is 0 Å². The molecule has 3 nitrogen and oxygen atoms in total. The first-order valence-electron chi connectivity index (χ1n) is 5.45. The first-order valence-corrected chi connectivity index (χ1v) is 5.45. The van der Waals surface area contributed by atoms with Crippen LogP contribution in [0.2, 0.25) is 0 Å². The molecular formula is C11H20N2O. The predicted octanol–water partition coefficient (Wildman–Crippen LogP) is 1.65. The number of hydrogen-bond acceptors (Lipinski definition) is 3. The summed E-state index contributed by atoms with van der Waals surface area (Å²) in [6.45, 7) is 4.57. The van der Waals surface area contributed by atoms with Crippen LogP contribution in [0.4, 0.5) is 0 Å². The van der Waals surface area contributed by atoms with Crippen molar-refractivity contribution < 1.29 is 4.74 Å². The highest BCUT2D eigenvalue weighted by atomic mass is 16.5. The van der Waals surface area contributed by atoms with Gasteiger partial charge in [-0.15, -0.1) is 0 Å². The Kier molecular flexibility index (Phi) is 4.92. The molecule has 1 fully saturated rings. The Morgan fingerprint density at radius 2 is 2.29 bits per heavy atom. The molecule has 0 aromatic heterocycles. The Hall–Kier alpha value is -0.590. The predicted molar refractivity (Wildman–Crippen MR) is 55.9 cm³/mol. The molecule has 1 aliphatic carbocycles. The average molecular weight is 196 g/mol. The van der Waals surface area contributed by atoms with Gasteiger partial charge in [0.2, 0.25) is 0 Å². The van der Waals surface area contributed by atoms with Crippen molar-refractivity contribution in [1.29, 1.82) is 5.26 Å². The van der Waals surface area contributed by atoms with E-state index < -0.39 is 0 Å². The summed E-state index contributed by atoms with van der Waals surface area (Å²) >= 11 is 0. The van der Waals surface area contributed by atoms with Crippen LogP contribution in [0, 0.1) is 17.2 Å². The summed E-state index contributed by atoms with van der Waals surface area (Å²) in [5, 5.41) is 8.82. The van der Waals surface area contributed by atoms with E-state index in [0.717, 1.165) is 32.1 Å². The fourth-order valence-electron chi connectivity index (χ4n) is 1.40. The zero-order valence-electron chi connectivity index (χ0n) is 9.20. The highest BCUT2D eigenvalue weighted by molar-refractivity contribution is 4.89. The van der Waals surface area contributed by atoms with Gasteiger partial charge < -0.3 is 4.74 Å². The Morgan fingerprint density at radius 1 is 1.57 bits per heavy atom. The zero-order valence-corrected chi connectivity index (χ0v) is 9.20. The lowest BCUT2D eigenvalue weighted by Crippen LogP contribution is -2.32. The monoisotopic (exact) mass is 196 g/mol. The van der Waals surface area contributed by atoms with Gasteiger partial charge in [0.1, 0.15) is 0 Å². The summed E-state index contributed by atoms with van der Waals surface area (Å²) in [4.78, 5) is 2.06. The molecule has 0 radical (unpaired) electrons. The normalized spacial score (nSPS) is 18.1. The lowest BCUT2D eigenvalue weighted by molar-refractivity contribution is 0.0973. The standard InChI is InChI=1S/C11H20N2O/c1-3-11(8-12)13(2)6-7-14-9-10-4-5-10/h10-11H,3-7,9H2,1-2H3. The molecule has 1 aliphatic rings. The molecule has 3 heteroatoms. The van der Waals surface area contributed by atoms with Gasteiger partial charge in [0.05, 0.1) is 18.7 Å². The average Bonchev–Trinajstić information content (AvgIpc) is 2.98. The van der Waals surface area contributed by atoms with E-state index in [1.54, 1.807) is 0 Å². The van der Waals surface area contributed by atoms with Gasteiger partial charge in [-0.2, -0.15) is 5.26 Å². The second-order valence-electron chi connectivity index (χ2n) is 4.05. The molecule has 1 unspecified atom stereocenters. The lowest BCUT2D eigenvalue weighted by Gasteiger charge is -2.20. The van der Waals surface area contributed by atoms with Gasteiger partial charge in [0, 0.05) is 13.2 Å². The van der Waals surface area contributed by atoms with Gasteiger partial charge in [0.15, 0.2) is 0 Å². The van der Waals surface area contributed by atoms with Crippen molar-refractivity contribution in [3.05, 3.63) is 0 Å². The van der Waals surface area contributed by atoms with E-state index in [4.69, 9.17) is 10.00 Å². The summed E-state index contributed by atoms with van der Waals surface area (Å²) in [6.07, 6.45) is 3.56. The molecule has 0 spiro atoms. The van der Waals surface area contributed by atoms with Crippen molar-refractivity contribution in [2.75, 3.05) is 26.8 Å². The summed E-state index contributed by atoms with van der Waals surface area (Å²) in [6, 6.07) is 2.33. The van der Waals surface area contributed by atoms with Crippen LogP contribution in [0.5, 0.6) is 0 Å². The number of nitriles is 1. The number of hydrogen-bond donors (Lipinski definition) is 0. The second-order valence-corrected chi connectivity index (χ2v) is 4.05. The third-order valence-electron chi connectivity index (χ3n) is 2.71. The van der Waals surface area contributed by atoms with Gasteiger partial charge >= 0.3 is 0 Å². The molecular weight excluding hydrogens is 176 g/mol. The Morgan fingerprint density at radius 3 is 2.79 bits per heavy atom. The third-order valence-corrected chi connectivity index (χ3v) is 2.71. The Balaban J connectivity index is 2.00. The maximum Gasteiger partial charge on any atom is 0.0973 e. The van der Waals surface area contributed by atoms with Crippen molar-refractivity contribution in [2.24, 2.45) is 5.92 Å². The van der Waals surface area contributed by atoms with Crippen molar-refractivity contribution in [1.82, 2.24) is 4.90 Å². The maximum absolute atomic E-state index is 8.82. The highest BCUT2D eigenvalue weighted by Gasteiger charge is 2.21. The molecule has 1 saturated carbocycles. The minimum atomic E-state index is 0.0412. The van der Waals surface area contributed by atoms with Crippen LogP contribution in [0.1, 0.15) is 26.2 Å². The molecule has 0 heterocycles. The minimum Gasteiger partial charge on any atom is -0.380 e. The molecule has 0 bridgehead atoms. The fourth-order valence-corrected chi connectivity index (χ4v) is 1.40. The van der Waals surface area contributed by atoms with E-state index in [2.05, 4.69) is 11.0 Å². The van der Waals surface area contributed by atoms with Crippen LogP contribution in [-0.2, 0) is 4.74 Å². The minimum absolute atomic E-state index is 0.0412. The number of ether oxygens (including phenoxy) is 1. The first-order chi connectivity index (χ1) is 6.77. The zero-order chi connectivity index (χ0) is 10.4. The summed E-state index contributed by atoms with van der Waals surface area (Å²) in [5.74, 6) is 0.832. The van der Waals surface area contributed by atoms with Crippen LogP contribution in [0.3, 0.4) is 0 Å². The third kappa shape index (κ3) is 4.08. The van der Waals surface area contributed by atoms with Crippen LogP contribution >= 0.6 is 0 Å². The summed E-state index contributed by atoms with van der Waals surface area (Å²) in [7, 11) is 1.98. The second kappa shape index (κ2) is 6.00. The highest BCUT2D eigenvalue weighted by Crippen LogP contribution is 2.28. The van der Waals surface area contributed by atoms with Gasteiger partial charge in [0.25, 0.3) is 0 Å². The molecule has 0 saturated heterocycles. The van der Waals surface area contributed by atoms with Crippen molar-refractivity contribution in [3.63, 3.8) is 0 Å². The number of nitrogens with zero attached hydrogens (tertiary/aromatic N) is 2. The SMILES string of the molecule is CCC(C#N)N(C)CCOCC1CC1. The van der Waals surface area contributed by atoms with Crippen LogP contribution < -0.4 is 0 Å². The molecule has 0 aromatic rings. The van der Waals surface area contributed by atoms with E-state index in [9.17, 15) is 0 Å². The van der Waals surface area contributed by atoms with E-state index in [1.165, 1.54) is 12.8 Å².